The fraction of sp³-hybridized carbons (Fsp3) is 0.923. The third kappa shape index (κ3) is 5.03. The second-order valence-corrected chi connectivity index (χ2v) is 7.70. The van der Waals surface area contributed by atoms with E-state index in [9.17, 15) is 13.2 Å². The zero-order valence-corrected chi connectivity index (χ0v) is 13.5. The van der Waals surface area contributed by atoms with Gasteiger partial charge in [-0.05, 0) is 40.3 Å². The van der Waals surface area contributed by atoms with Crippen molar-refractivity contribution in [3.63, 3.8) is 0 Å². The summed E-state index contributed by atoms with van der Waals surface area (Å²) in [7, 11) is -1.07. The Labute approximate surface area is 121 Å². The number of rotatable bonds is 7. The number of esters is 1. The molecule has 7 heteroatoms. The normalized spacial score (nSPS) is 22.1. The van der Waals surface area contributed by atoms with Crippen LogP contribution in [0.4, 0.5) is 0 Å². The van der Waals surface area contributed by atoms with Crippen LogP contribution in [0.15, 0.2) is 0 Å². The minimum atomic E-state index is -2.82. The molecule has 0 spiro atoms. The fourth-order valence-electron chi connectivity index (χ4n) is 2.25. The summed E-state index contributed by atoms with van der Waals surface area (Å²) in [4.78, 5) is 14.0. The molecule has 1 aliphatic heterocycles. The number of carbonyl (C=O) groups excluding carboxylic acids is 1. The Morgan fingerprint density at radius 1 is 1.35 bits per heavy atom. The van der Waals surface area contributed by atoms with E-state index >= 15 is 0 Å². The summed E-state index contributed by atoms with van der Waals surface area (Å²) in [5, 5.41) is 3.02. The highest BCUT2D eigenvalue weighted by atomic mass is 32.2. The minimum absolute atomic E-state index is 0.233. The van der Waals surface area contributed by atoms with Gasteiger partial charge in [0.1, 0.15) is 5.54 Å². The molecule has 1 unspecified atom stereocenters. The standard InChI is InChI=1S/C13H26N2O4S/c1-4-19-12(16)13(2,14-3)6-5-7-15-8-10-20(17,18)11-9-15/h14H,4-11H2,1-3H3. The van der Waals surface area contributed by atoms with Gasteiger partial charge < -0.3 is 15.0 Å². The highest BCUT2D eigenvalue weighted by molar-refractivity contribution is 7.91. The van der Waals surface area contributed by atoms with Gasteiger partial charge in [-0.3, -0.25) is 4.79 Å². The summed E-state index contributed by atoms with van der Waals surface area (Å²) in [6.45, 7) is 6.01. The van der Waals surface area contributed by atoms with Crippen LogP contribution in [-0.4, -0.2) is 69.6 Å². The van der Waals surface area contributed by atoms with E-state index in [0.29, 0.717) is 26.1 Å². The molecule has 1 N–H and O–H groups in total. The summed E-state index contributed by atoms with van der Waals surface area (Å²) in [6, 6.07) is 0. The van der Waals surface area contributed by atoms with Crippen molar-refractivity contribution in [3.8, 4) is 0 Å². The van der Waals surface area contributed by atoms with E-state index in [1.807, 2.05) is 6.92 Å². The number of nitrogens with zero attached hydrogens (tertiary/aromatic N) is 1. The van der Waals surface area contributed by atoms with E-state index < -0.39 is 15.4 Å². The largest absolute Gasteiger partial charge is 0.465 e. The third-order valence-electron chi connectivity index (χ3n) is 3.87. The lowest BCUT2D eigenvalue weighted by Gasteiger charge is -2.30. The number of carbonyl (C=O) groups is 1. The molecule has 0 aromatic heterocycles. The van der Waals surface area contributed by atoms with Crippen LogP contribution in [0.3, 0.4) is 0 Å². The second kappa shape index (κ2) is 7.38. The number of nitrogens with one attached hydrogen (secondary N) is 1. The smallest absolute Gasteiger partial charge is 0.326 e. The van der Waals surface area contributed by atoms with Gasteiger partial charge in [0.05, 0.1) is 18.1 Å². The lowest BCUT2D eigenvalue weighted by molar-refractivity contribution is -0.150. The predicted molar refractivity (Wildman–Crippen MR) is 78.4 cm³/mol. The molecule has 6 nitrogen and oxygen atoms in total. The average molecular weight is 306 g/mol. The molecule has 0 aromatic rings. The van der Waals surface area contributed by atoms with Gasteiger partial charge in [0, 0.05) is 13.1 Å². The summed E-state index contributed by atoms with van der Waals surface area (Å²) in [6.07, 6.45) is 1.50. The van der Waals surface area contributed by atoms with Crippen LogP contribution < -0.4 is 5.32 Å². The van der Waals surface area contributed by atoms with Crippen LogP contribution in [0.5, 0.6) is 0 Å². The average Bonchev–Trinajstić information content (AvgIpc) is 2.40. The van der Waals surface area contributed by atoms with Gasteiger partial charge in [-0.25, -0.2) is 8.42 Å². The van der Waals surface area contributed by atoms with Crippen LogP contribution in [0.1, 0.15) is 26.7 Å². The first-order valence-corrected chi connectivity index (χ1v) is 8.94. The maximum Gasteiger partial charge on any atom is 0.326 e. The topological polar surface area (TPSA) is 75.7 Å². The molecule has 0 saturated carbocycles. The molecule has 0 aliphatic carbocycles. The van der Waals surface area contributed by atoms with Crippen LogP contribution in [-0.2, 0) is 19.4 Å². The molecule has 0 bridgehead atoms. The number of sulfone groups is 1. The van der Waals surface area contributed by atoms with Gasteiger partial charge in [-0.15, -0.1) is 0 Å². The van der Waals surface area contributed by atoms with Gasteiger partial charge >= 0.3 is 5.97 Å². The van der Waals surface area contributed by atoms with Crippen molar-refractivity contribution in [2.24, 2.45) is 0 Å². The van der Waals surface area contributed by atoms with E-state index in [1.165, 1.54) is 0 Å². The molecule has 0 radical (unpaired) electrons. The van der Waals surface area contributed by atoms with E-state index in [0.717, 1.165) is 13.0 Å². The van der Waals surface area contributed by atoms with Gasteiger partial charge in [-0.2, -0.15) is 0 Å². The van der Waals surface area contributed by atoms with Gasteiger partial charge in [0.25, 0.3) is 0 Å². The van der Waals surface area contributed by atoms with Crippen molar-refractivity contribution in [2.45, 2.75) is 32.2 Å². The predicted octanol–water partition coefficient (Wildman–Crippen LogP) is 0.0382. The Balaban J connectivity index is 2.37. The highest BCUT2D eigenvalue weighted by Gasteiger charge is 2.32. The number of hydrogen-bond donors (Lipinski definition) is 1. The first kappa shape index (κ1) is 17.4. The van der Waals surface area contributed by atoms with Crippen molar-refractivity contribution in [1.29, 1.82) is 0 Å². The molecule has 118 valence electrons. The quantitative estimate of drug-likeness (QED) is 0.669. The summed E-state index contributed by atoms with van der Waals surface area (Å²) in [5.41, 5.74) is -0.669. The second-order valence-electron chi connectivity index (χ2n) is 5.40. The van der Waals surface area contributed by atoms with Crippen LogP contribution >= 0.6 is 0 Å². The monoisotopic (exact) mass is 306 g/mol. The Hall–Kier alpha value is -0.660. The van der Waals surface area contributed by atoms with Crippen LogP contribution in [0.25, 0.3) is 0 Å². The summed E-state index contributed by atoms with van der Waals surface area (Å²) < 4.78 is 27.8. The molecular formula is C13H26N2O4S. The molecule has 1 heterocycles. The summed E-state index contributed by atoms with van der Waals surface area (Å²) in [5.74, 6) is 0.256. The SMILES string of the molecule is CCOC(=O)C(C)(CCCN1CCS(=O)(=O)CC1)NC. The van der Waals surface area contributed by atoms with Gasteiger partial charge in [0.2, 0.25) is 0 Å². The maximum absolute atomic E-state index is 11.9. The van der Waals surface area contributed by atoms with Crippen molar-refractivity contribution < 1.29 is 17.9 Å². The zero-order chi connectivity index (χ0) is 15.2. The number of ether oxygens (including phenoxy) is 1. The third-order valence-corrected chi connectivity index (χ3v) is 5.48. The van der Waals surface area contributed by atoms with Crippen LogP contribution in [0, 0.1) is 0 Å². The van der Waals surface area contributed by atoms with E-state index in [2.05, 4.69) is 10.2 Å². The minimum Gasteiger partial charge on any atom is -0.465 e. The molecule has 20 heavy (non-hydrogen) atoms. The molecule has 0 amide bonds. The molecular weight excluding hydrogens is 280 g/mol. The first-order chi connectivity index (χ1) is 9.33. The van der Waals surface area contributed by atoms with Crippen molar-refractivity contribution in [3.05, 3.63) is 0 Å². The molecule has 1 fully saturated rings. The zero-order valence-electron chi connectivity index (χ0n) is 12.6. The Morgan fingerprint density at radius 2 is 1.95 bits per heavy atom. The van der Waals surface area contributed by atoms with Crippen LogP contribution in [0.2, 0.25) is 0 Å². The van der Waals surface area contributed by atoms with Gasteiger partial charge in [0.15, 0.2) is 9.84 Å². The van der Waals surface area contributed by atoms with Crippen molar-refractivity contribution >= 4 is 15.8 Å². The molecule has 1 saturated heterocycles. The molecule has 1 atom stereocenters. The van der Waals surface area contributed by atoms with E-state index in [4.69, 9.17) is 4.74 Å². The Bertz CT molecular complexity index is 410. The van der Waals surface area contributed by atoms with Crippen molar-refractivity contribution in [2.75, 3.05) is 44.8 Å². The van der Waals surface area contributed by atoms with Crippen molar-refractivity contribution in [1.82, 2.24) is 10.2 Å². The Kier molecular flexibility index (Phi) is 6.42. The van der Waals surface area contributed by atoms with E-state index in [1.54, 1.807) is 14.0 Å². The summed E-state index contributed by atoms with van der Waals surface area (Å²) >= 11 is 0. The first-order valence-electron chi connectivity index (χ1n) is 7.12. The van der Waals surface area contributed by atoms with E-state index in [-0.39, 0.29) is 17.5 Å². The highest BCUT2D eigenvalue weighted by Crippen LogP contribution is 2.15. The lowest BCUT2D eigenvalue weighted by atomic mass is 9.96. The maximum atomic E-state index is 11.9. The molecule has 0 aromatic carbocycles. The molecule has 1 aliphatic rings. The number of likely N-dealkylation sites (N-methyl/N-ethyl adjacent to an activating group) is 1. The number of hydrogen-bond acceptors (Lipinski definition) is 6. The fourth-order valence-corrected chi connectivity index (χ4v) is 3.53. The lowest BCUT2D eigenvalue weighted by Crippen LogP contribution is -2.49. The van der Waals surface area contributed by atoms with Gasteiger partial charge in [-0.1, -0.05) is 0 Å². The Morgan fingerprint density at radius 3 is 2.45 bits per heavy atom. The molecule has 1 rings (SSSR count).